The number of benzene rings is 2. The molecule has 0 fully saturated rings. The zero-order chi connectivity index (χ0) is 17.9. The Morgan fingerprint density at radius 2 is 1.92 bits per heavy atom. The van der Waals surface area contributed by atoms with E-state index < -0.39 is 0 Å². The second-order valence-electron chi connectivity index (χ2n) is 5.92. The third kappa shape index (κ3) is 2.96. The molecule has 0 saturated heterocycles. The number of hydrogen-bond donors (Lipinski definition) is 1. The Morgan fingerprint density at radius 1 is 1.08 bits per heavy atom. The molecule has 5 heteroatoms. The predicted molar refractivity (Wildman–Crippen MR) is 99.1 cm³/mol. The van der Waals surface area contributed by atoms with Crippen molar-refractivity contribution in [3.63, 3.8) is 0 Å². The van der Waals surface area contributed by atoms with E-state index in [1.165, 1.54) is 0 Å². The first-order valence-electron chi connectivity index (χ1n) is 8.14. The average Bonchev–Trinajstić information content (AvgIpc) is 3.12. The number of fused-ring (bicyclic) bond motifs is 1. The summed E-state index contributed by atoms with van der Waals surface area (Å²) in [5.41, 5.74) is 5.65. The Bertz CT molecular complexity index is 1060. The summed E-state index contributed by atoms with van der Waals surface area (Å²) in [5.74, 6) is -0.248. The molecule has 1 aliphatic rings. The molecule has 0 spiro atoms. The van der Waals surface area contributed by atoms with Gasteiger partial charge in [-0.05, 0) is 48.0 Å². The molecule has 124 valence electrons. The van der Waals surface area contributed by atoms with Crippen molar-refractivity contribution in [2.75, 3.05) is 5.32 Å². The van der Waals surface area contributed by atoms with Crippen molar-refractivity contribution < 1.29 is 4.79 Å². The van der Waals surface area contributed by atoms with Crippen molar-refractivity contribution in [1.29, 1.82) is 5.26 Å². The summed E-state index contributed by atoms with van der Waals surface area (Å²) in [6.07, 6.45) is 3.48. The van der Waals surface area contributed by atoms with Crippen LogP contribution in [-0.2, 0) is 6.54 Å². The van der Waals surface area contributed by atoms with Crippen LogP contribution in [0.15, 0.2) is 72.0 Å². The Morgan fingerprint density at radius 3 is 2.73 bits per heavy atom. The predicted octanol–water partition coefficient (Wildman–Crippen LogP) is 3.56. The standard InChI is InChI=1S/C21H14N4O/c22-12-14-2-1-3-16(10-14)21(26)25-18-5-4-17-13-24-20(19(17)11-18)15-6-8-23-9-7-15/h1-11H,13H2,(H,25,26). The normalized spacial score (nSPS) is 12.0. The summed E-state index contributed by atoms with van der Waals surface area (Å²) in [4.78, 5) is 21.1. The summed E-state index contributed by atoms with van der Waals surface area (Å²) in [5, 5.41) is 11.9. The van der Waals surface area contributed by atoms with E-state index in [4.69, 9.17) is 5.26 Å². The molecule has 0 unspecified atom stereocenters. The largest absolute Gasteiger partial charge is 0.322 e. The highest BCUT2D eigenvalue weighted by molar-refractivity contribution is 6.16. The van der Waals surface area contributed by atoms with Crippen LogP contribution in [0.1, 0.15) is 32.6 Å². The lowest BCUT2D eigenvalue weighted by Crippen LogP contribution is -2.12. The molecular weight excluding hydrogens is 324 g/mol. The van der Waals surface area contributed by atoms with Crippen LogP contribution in [0.2, 0.25) is 0 Å². The maximum Gasteiger partial charge on any atom is 0.255 e. The first-order chi connectivity index (χ1) is 12.7. The van der Waals surface area contributed by atoms with Crippen LogP contribution in [0, 0.1) is 11.3 Å². The van der Waals surface area contributed by atoms with E-state index in [-0.39, 0.29) is 5.91 Å². The molecule has 0 aliphatic carbocycles. The van der Waals surface area contributed by atoms with Gasteiger partial charge in [0.1, 0.15) is 0 Å². The Kier molecular flexibility index (Phi) is 4.00. The highest BCUT2D eigenvalue weighted by Crippen LogP contribution is 2.26. The molecule has 2 heterocycles. The number of pyridine rings is 1. The van der Waals surface area contributed by atoms with Gasteiger partial charge in [0.2, 0.25) is 0 Å². The molecule has 0 radical (unpaired) electrons. The second-order valence-corrected chi connectivity index (χ2v) is 5.92. The number of anilines is 1. The molecule has 26 heavy (non-hydrogen) atoms. The van der Waals surface area contributed by atoms with Crippen LogP contribution in [0.4, 0.5) is 5.69 Å². The molecule has 1 N–H and O–H groups in total. The summed E-state index contributed by atoms with van der Waals surface area (Å²) >= 11 is 0. The Labute approximate surface area is 150 Å². The van der Waals surface area contributed by atoms with E-state index >= 15 is 0 Å². The van der Waals surface area contributed by atoms with E-state index in [2.05, 4.69) is 15.3 Å². The van der Waals surface area contributed by atoms with Crippen LogP contribution >= 0.6 is 0 Å². The maximum atomic E-state index is 12.5. The van der Waals surface area contributed by atoms with Crippen molar-refractivity contribution in [1.82, 2.24) is 4.98 Å². The zero-order valence-electron chi connectivity index (χ0n) is 13.8. The van der Waals surface area contributed by atoms with Crippen molar-refractivity contribution in [2.45, 2.75) is 6.54 Å². The third-order valence-electron chi connectivity index (χ3n) is 4.24. The first-order valence-corrected chi connectivity index (χ1v) is 8.14. The van der Waals surface area contributed by atoms with E-state index in [1.807, 2.05) is 36.4 Å². The van der Waals surface area contributed by atoms with Crippen molar-refractivity contribution in [3.8, 4) is 6.07 Å². The zero-order valence-corrected chi connectivity index (χ0v) is 13.8. The molecule has 4 rings (SSSR count). The third-order valence-corrected chi connectivity index (χ3v) is 4.24. The van der Waals surface area contributed by atoms with Gasteiger partial charge >= 0.3 is 0 Å². The smallest absolute Gasteiger partial charge is 0.255 e. The van der Waals surface area contributed by atoms with Gasteiger partial charge in [-0.2, -0.15) is 5.26 Å². The fourth-order valence-corrected chi connectivity index (χ4v) is 2.95. The van der Waals surface area contributed by atoms with Gasteiger partial charge in [0.15, 0.2) is 0 Å². The number of carbonyl (C=O) groups excluding carboxylic acids is 1. The lowest BCUT2D eigenvalue weighted by molar-refractivity contribution is 0.102. The number of carbonyl (C=O) groups is 1. The number of hydrogen-bond acceptors (Lipinski definition) is 4. The van der Waals surface area contributed by atoms with E-state index in [0.29, 0.717) is 23.4 Å². The number of aliphatic imine (C=N–C) groups is 1. The highest BCUT2D eigenvalue weighted by Gasteiger charge is 2.18. The molecule has 1 aromatic heterocycles. The van der Waals surface area contributed by atoms with Gasteiger partial charge in [-0.15, -0.1) is 0 Å². The fourth-order valence-electron chi connectivity index (χ4n) is 2.95. The van der Waals surface area contributed by atoms with Gasteiger partial charge < -0.3 is 5.32 Å². The van der Waals surface area contributed by atoms with Gasteiger partial charge in [0.25, 0.3) is 5.91 Å². The molecule has 0 bridgehead atoms. The lowest BCUT2D eigenvalue weighted by Gasteiger charge is -2.09. The number of aromatic nitrogens is 1. The highest BCUT2D eigenvalue weighted by atomic mass is 16.1. The quantitative estimate of drug-likeness (QED) is 0.793. The molecule has 0 atom stereocenters. The molecule has 3 aromatic rings. The maximum absolute atomic E-state index is 12.5. The molecule has 0 saturated carbocycles. The summed E-state index contributed by atoms with van der Waals surface area (Å²) in [6.45, 7) is 0.630. The lowest BCUT2D eigenvalue weighted by atomic mass is 10.00. The minimum Gasteiger partial charge on any atom is -0.322 e. The van der Waals surface area contributed by atoms with Crippen molar-refractivity contribution >= 4 is 17.3 Å². The summed E-state index contributed by atoms with van der Waals surface area (Å²) in [6, 6.07) is 18.3. The second kappa shape index (κ2) is 6.61. The summed E-state index contributed by atoms with van der Waals surface area (Å²) < 4.78 is 0. The van der Waals surface area contributed by atoms with Gasteiger partial charge in [0, 0.05) is 34.8 Å². The van der Waals surface area contributed by atoms with Crippen molar-refractivity contribution in [2.24, 2.45) is 4.99 Å². The number of nitrogens with zero attached hydrogens (tertiary/aromatic N) is 3. The molecule has 5 nitrogen and oxygen atoms in total. The molecule has 1 amide bonds. The number of rotatable bonds is 3. The van der Waals surface area contributed by atoms with Crippen LogP contribution in [-0.4, -0.2) is 16.6 Å². The molecular formula is C21H14N4O. The van der Waals surface area contributed by atoms with E-state index in [0.717, 1.165) is 22.4 Å². The van der Waals surface area contributed by atoms with E-state index in [1.54, 1.807) is 36.7 Å². The number of nitriles is 1. The van der Waals surface area contributed by atoms with Gasteiger partial charge in [-0.3, -0.25) is 14.8 Å². The Hall–Kier alpha value is -3.78. The van der Waals surface area contributed by atoms with Crippen LogP contribution in [0.5, 0.6) is 0 Å². The van der Waals surface area contributed by atoms with Gasteiger partial charge in [0.05, 0.1) is 23.9 Å². The monoisotopic (exact) mass is 338 g/mol. The van der Waals surface area contributed by atoms with Crippen molar-refractivity contribution in [3.05, 3.63) is 94.8 Å². The molecule has 1 aliphatic heterocycles. The van der Waals surface area contributed by atoms with Crippen LogP contribution in [0.25, 0.3) is 0 Å². The first kappa shape index (κ1) is 15.7. The Balaban J connectivity index is 1.61. The molecule has 2 aromatic carbocycles. The number of amides is 1. The minimum absolute atomic E-state index is 0.248. The van der Waals surface area contributed by atoms with Gasteiger partial charge in [-0.1, -0.05) is 12.1 Å². The number of nitrogens with one attached hydrogen (secondary N) is 1. The summed E-state index contributed by atoms with van der Waals surface area (Å²) in [7, 11) is 0. The minimum atomic E-state index is -0.248. The van der Waals surface area contributed by atoms with E-state index in [9.17, 15) is 4.79 Å². The topological polar surface area (TPSA) is 78.1 Å². The van der Waals surface area contributed by atoms with Crippen LogP contribution < -0.4 is 5.32 Å². The van der Waals surface area contributed by atoms with Gasteiger partial charge in [-0.25, -0.2) is 0 Å². The SMILES string of the molecule is N#Cc1cccc(C(=O)Nc2ccc3c(c2)C(c2ccncc2)=NC3)c1. The average molecular weight is 338 g/mol. The fraction of sp³-hybridized carbons (Fsp3) is 0.0476. The van der Waals surface area contributed by atoms with Crippen LogP contribution in [0.3, 0.4) is 0 Å².